The summed E-state index contributed by atoms with van der Waals surface area (Å²) < 4.78 is 14.5. The van der Waals surface area contributed by atoms with Crippen molar-refractivity contribution in [2.75, 3.05) is 0 Å². The first-order chi connectivity index (χ1) is 9.65. The van der Waals surface area contributed by atoms with E-state index in [0.29, 0.717) is 21.5 Å². The van der Waals surface area contributed by atoms with Gasteiger partial charge in [-0.3, -0.25) is 9.36 Å². The summed E-state index contributed by atoms with van der Waals surface area (Å²) >= 11 is 5.97. The van der Waals surface area contributed by atoms with Crippen molar-refractivity contribution in [3.63, 3.8) is 0 Å². The number of halogens is 2. The lowest BCUT2D eigenvalue weighted by molar-refractivity contribution is 0.626. The van der Waals surface area contributed by atoms with Crippen molar-refractivity contribution in [1.82, 2.24) is 9.55 Å². The zero-order valence-corrected chi connectivity index (χ0v) is 11.1. The van der Waals surface area contributed by atoms with E-state index >= 15 is 0 Å². The Labute approximate surface area is 119 Å². The summed E-state index contributed by atoms with van der Waals surface area (Å²) in [7, 11) is 0. The van der Waals surface area contributed by atoms with Gasteiger partial charge in [-0.05, 0) is 29.8 Å². The largest absolute Gasteiger partial charge is 0.294 e. The first-order valence-electron chi connectivity index (χ1n) is 6.03. The minimum atomic E-state index is -0.400. The fourth-order valence-electron chi connectivity index (χ4n) is 2.05. The Bertz CT molecular complexity index is 845. The van der Waals surface area contributed by atoms with E-state index in [0.717, 1.165) is 0 Å². The quantitative estimate of drug-likeness (QED) is 0.725. The maximum Gasteiger partial charge on any atom is 0.261 e. The number of fused-ring (bicyclic) bond motifs is 1. The topological polar surface area (TPSA) is 34.9 Å². The van der Waals surface area contributed by atoms with Crippen molar-refractivity contribution >= 4 is 22.5 Å². The highest BCUT2D eigenvalue weighted by molar-refractivity contribution is 6.31. The molecule has 2 aromatic carbocycles. The van der Waals surface area contributed by atoms with Gasteiger partial charge in [0.1, 0.15) is 5.82 Å². The van der Waals surface area contributed by atoms with Crippen LogP contribution in [0.25, 0.3) is 10.9 Å². The molecule has 0 unspecified atom stereocenters. The van der Waals surface area contributed by atoms with Crippen molar-refractivity contribution < 1.29 is 4.39 Å². The van der Waals surface area contributed by atoms with Crippen LogP contribution in [0.5, 0.6) is 0 Å². The molecule has 3 rings (SSSR count). The summed E-state index contributed by atoms with van der Waals surface area (Å²) in [6.45, 7) is 0.260. The molecule has 0 atom stereocenters. The average molecular weight is 289 g/mol. The molecule has 0 aliphatic heterocycles. The van der Waals surface area contributed by atoms with Crippen molar-refractivity contribution in [2.45, 2.75) is 6.54 Å². The molecule has 3 aromatic rings. The summed E-state index contributed by atoms with van der Waals surface area (Å²) in [6, 6.07) is 11.3. The molecule has 3 nitrogen and oxygen atoms in total. The first kappa shape index (κ1) is 12.8. The van der Waals surface area contributed by atoms with Gasteiger partial charge in [-0.2, -0.15) is 0 Å². The number of aromatic nitrogens is 2. The maximum absolute atomic E-state index is 13.0. The molecule has 0 spiro atoms. The van der Waals surface area contributed by atoms with Gasteiger partial charge in [-0.15, -0.1) is 0 Å². The van der Waals surface area contributed by atoms with Gasteiger partial charge in [-0.25, -0.2) is 9.37 Å². The van der Waals surface area contributed by atoms with E-state index in [9.17, 15) is 9.18 Å². The van der Waals surface area contributed by atoms with Crippen molar-refractivity contribution in [2.24, 2.45) is 0 Å². The monoisotopic (exact) mass is 288 g/mol. The lowest BCUT2D eigenvalue weighted by Crippen LogP contribution is -2.21. The summed E-state index contributed by atoms with van der Waals surface area (Å²) in [6.07, 6.45) is 1.48. The van der Waals surface area contributed by atoms with Crippen LogP contribution in [0, 0.1) is 5.82 Å². The smallest absolute Gasteiger partial charge is 0.261 e. The van der Waals surface area contributed by atoms with Crippen LogP contribution in [0.3, 0.4) is 0 Å². The van der Waals surface area contributed by atoms with E-state index in [1.807, 2.05) is 6.07 Å². The Hall–Kier alpha value is -2.20. The van der Waals surface area contributed by atoms with Crippen LogP contribution in [0.1, 0.15) is 5.56 Å². The summed E-state index contributed by atoms with van der Waals surface area (Å²) in [5, 5.41) is 0.846. The molecule has 0 aliphatic rings. The minimum absolute atomic E-state index is 0.143. The zero-order valence-electron chi connectivity index (χ0n) is 10.4. The Morgan fingerprint density at radius 1 is 1.20 bits per heavy atom. The van der Waals surface area contributed by atoms with Gasteiger partial charge in [0.25, 0.3) is 5.56 Å². The molecule has 0 amide bonds. The summed E-state index contributed by atoms with van der Waals surface area (Å²) in [5.74, 6) is -0.400. The second-order valence-corrected chi connectivity index (χ2v) is 4.84. The summed E-state index contributed by atoms with van der Waals surface area (Å²) in [5.41, 5.74) is 1.18. The fraction of sp³-hybridized carbons (Fsp3) is 0.0667. The molecule has 5 heteroatoms. The number of nitrogens with zero attached hydrogens (tertiary/aromatic N) is 2. The zero-order chi connectivity index (χ0) is 14.1. The molecular weight excluding hydrogens is 279 g/mol. The van der Waals surface area contributed by atoms with Gasteiger partial charge < -0.3 is 0 Å². The summed E-state index contributed by atoms with van der Waals surface area (Å²) in [4.78, 5) is 16.5. The highest BCUT2D eigenvalue weighted by Gasteiger charge is 2.07. The second kappa shape index (κ2) is 5.06. The molecule has 0 N–H and O–H groups in total. The van der Waals surface area contributed by atoms with Crippen molar-refractivity contribution in [3.05, 3.63) is 75.5 Å². The predicted molar refractivity (Wildman–Crippen MR) is 76.5 cm³/mol. The van der Waals surface area contributed by atoms with Crippen LogP contribution in [-0.4, -0.2) is 9.55 Å². The fourth-order valence-corrected chi connectivity index (χ4v) is 2.28. The van der Waals surface area contributed by atoms with Crippen molar-refractivity contribution in [1.29, 1.82) is 0 Å². The third kappa shape index (κ3) is 2.30. The molecule has 20 heavy (non-hydrogen) atoms. The highest BCUT2D eigenvalue weighted by Crippen LogP contribution is 2.18. The van der Waals surface area contributed by atoms with Crippen LogP contribution < -0.4 is 5.56 Å². The minimum Gasteiger partial charge on any atom is -0.294 e. The molecule has 0 aliphatic carbocycles. The lowest BCUT2D eigenvalue weighted by atomic mass is 10.2. The molecule has 0 saturated heterocycles. The average Bonchev–Trinajstić information content (AvgIpc) is 2.45. The Morgan fingerprint density at radius 3 is 2.80 bits per heavy atom. The van der Waals surface area contributed by atoms with Crippen LogP contribution in [0.4, 0.5) is 4.39 Å². The Kier molecular flexibility index (Phi) is 3.24. The normalized spacial score (nSPS) is 10.9. The Morgan fingerprint density at radius 2 is 2.00 bits per heavy atom. The molecule has 0 radical (unpaired) electrons. The molecule has 1 aromatic heterocycles. The molecule has 100 valence electrons. The van der Waals surface area contributed by atoms with E-state index < -0.39 is 5.82 Å². The van der Waals surface area contributed by atoms with E-state index in [1.54, 1.807) is 24.3 Å². The highest BCUT2D eigenvalue weighted by atomic mass is 35.5. The van der Waals surface area contributed by atoms with Gasteiger partial charge >= 0.3 is 0 Å². The molecule has 1 heterocycles. The molecule has 0 bridgehead atoms. The van der Waals surface area contributed by atoms with Gasteiger partial charge in [0.05, 0.1) is 23.8 Å². The van der Waals surface area contributed by atoms with Gasteiger partial charge in [0, 0.05) is 5.02 Å². The Balaban J connectivity index is 2.07. The van der Waals surface area contributed by atoms with Crippen LogP contribution in [0.2, 0.25) is 5.02 Å². The van der Waals surface area contributed by atoms with Crippen LogP contribution >= 0.6 is 11.6 Å². The van der Waals surface area contributed by atoms with Gasteiger partial charge in [-0.1, -0.05) is 29.8 Å². The van der Waals surface area contributed by atoms with E-state index in [1.165, 1.54) is 23.0 Å². The van der Waals surface area contributed by atoms with Crippen LogP contribution in [-0.2, 0) is 6.54 Å². The first-order valence-corrected chi connectivity index (χ1v) is 6.41. The predicted octanol–water partition coefficient (Wildman–Crippen LogP) is 3.24. The van der Waals surface area contributed by atoms with Crippen molar-refractivity contribution in [3.8, 4) is 0 Å². The SMILES string of the molecule is O=c1c2ccccc2ncn1Cc1ccc(F)cc1Cl. The lowest BCUT2D eigenvalue weighted by Gasteiger charge is -2.08. The molecular formula is C15H10ClFN2O. The maximum atomic E-state index is 13.0. The number of para-hydroxylation sites is 1. The van der Waals surface area contributed by atoms with E-state index in [-0.39, 0.29) is 12.1 Å². The number of benzene rings is 2. The van der Waals surface area contributed by atoms with E-state index in [4.69, 9.17) is 11.6 Å². The molecule has 0 saturated carbocycles. The molecule has 0 fully saturated rings. The second-order valence-electron chi connectivity index (χ2n) is 4.43. The number of rotatable bonds is 2. The van der Waals surface area contributed by atoms with E-state index in [2.05, 4.69) is 4.98 Å². The third-order valence-corrected chi connectivity index (χ3v) is 3.44. The number of hydrogen-bond donors (Lipinski definition) is 0. The third-order valence-electron chi connectivity index (χ3n) is 3.09. The standard InChI is InChI=1S/C15H10ClFN2O/c16-13-7-11(17)6-5-10(13)8-19-9-18-14-4-2-1-3-12(14)15(19)20/h1-7,9H,8H2. The number of hydrogen-bond acceptors (Lipinski definition) is 2. The van der Waals surface area contributed by atoms with Gasteiger partial charge in [0.15, 0.2) is 0 Å². The van der Waals surface area contributed by atoms with Gasteiger partial charge in [0.2, 0.25) is 0 Å². The van der Waals surface area contributed by atoms with Crippen LogP contribution in [0.15, 0.2) is 53.6 Å².